The molecule has 0 radical (unpaired) electrons. The van der Waals surface area contributed by atoms with Gasteiger partial charge in [0.2, 0.25) is 0 Å². The first-order valence-electron chi connectivity index (χ1n) is 3.99. The number of hydrogen-bond donors (Lipinski definition) is 4. The fourth-order valence-electron chi connectivity index (χ4n) is 0.126. The molecular formula is C3H21O3P5S18-8. The summed E-state index contributed by atoms with van der Waals surface area (Å²) >= 11 is 71.6. The van der Waals surface area contributed by atoms with E-state index in [1.165, 1.54) is 11.0 Å². The molecule has 0 aliphatic rings. The van der Waals surface area contributed by atoms with E-state index in [2.05, 4.69) is 133 Å². The molecule has 0 aromatic rings. The Bertz CT molecular complexity index is 471. The second-order valence-electron chi connectivity index (χ2n) is 2.73. The summed E-state index contributed by atoms with van der Waals surface area (Å²) in [5.41, 5.74) is 0. The van der Waals surface area contributed by atoms with Crippen molar-refractivity contribution in [3.05, 3.63) is 0 Å². The Morgan fingerprint density at radius 3 is 0.828 bits per heavy atom. The Kier molecular flexibility index (Phi) is 60.3. The average Bonchev–Trinajstić information content (AvgIpc) is 1.80. The van der Waals surface area contributed by atoms with Crippen molar-refractivity contribution in [1.29, 1.82) is 0 Å². The van der Waals surface area contributed by atoms with Gasteiger partial charge in [0, 0.05) is 0 Å². The van der Waals surface area contributed by atoms with Crippen molar-refractivity contribution >= 4 is 238 Å². The summed E-state index contributed by atoms with van der Waals surface area (Å²) in [6, 6.07) is 0. The maximum atomic E-state index is 8.08. The lowest BCUT2D eigenvalue weighted by atomic mass is 12.0. The molecule has 0 aromatic heterocycles. The van der Waals surface area contributed by atoms with Crippen molar-refractivity contribution in [2.24, 2.45) is 0 Å². The van der Waals surface area contributed by atoms with Crippen LogP contribution >= 0.6 is 81.3 Å². The van der Waals surface area contributed by atoms with Crippen LogP contribution in [0.1, 0.15) is 14.9 Å². The Balaban J connectivity index is -0.0000000257. The number of hydrogen-bond acceptors (Lipinski definition) is 14. The fourth-order valence-corrected chi connectivity index (χ4v) is 30.7. The molecular weight excluding hydrogens is 816 g/mol. The topological polar surface area (TPSA) is 83.2 Å². The van der Waals surface area contributed by atoms with Crippen LogP contribution in [0.3, 0.4) is 0 Å². The van der Waals surface area contributed by atoms with Crippen LogP contribution in [0.4, 0.5) is 0 Å². The molecule has 0 aliphatic heterocycles. The van der Waals surface area contributed by atoms with Crippen molar-refractivity contribution in [2.45, 2.75) is 14.9 Å². The second kappa shape index (κ2) is 28.7. The maximum Gasteiger partial charge on any atom is -0.0696 e. The van der Waals surface area contributed by atoms with Gasteiger partial charge in [0.05, 0.1) is 0 Å². The lowest BCUT2D eigenvalue weighted by molar-refractivity contribution is 0.654. The summed E-state index contributed by atoms with van der Waals surface area (Å²) in [5, 5.41) is 0. The summed E-state index contributed by atoms with van der Waals surface area (Å²) in [4.78, 5) is 8.08. The molecule has 26 heteroatoms. The first-order chi connectivity index (χ1) is 9.71. The van der Waals surface area contributed by atoms with Crippen LogP contribution in [0.15, 0.2) is 0 Å². The standard InChI is InChI=1S/CH5PS3.2CH4.H3OPS3.2H2O.H4P2S7.H3PS4.H2S/c1-2(3,4)5;;;1-2(3,4)5;;;3-1(4,5)9-2(6,7)8;2-1(3,4)5;/h1H3,(H2,3,4,5);2*1H4;(H3,1,3,4,5);2*1H2;(H2,3,4,5)(H2,6,7,8);(H3,2,3,4,5);1H2/p-8. The molecule has 1 atom stereocenters. The lowest BCUT2D eigenvalue weighted by Crippen LogP contribution is -1.56. The zero-order valence-electron chi connectivity index (χ0n) is 12.2. The van der Waals surface area contributed by atoms with Gasteiger partial charge in [-0.2, -0.15) is 77.7 Å². The molecule has 0 fully saturated rings. The van der Waals surface area contributed by atoms with E-state index in [0.717, 1.165) is 0 Å². The minimum absolute atomic E-state index is 0. The Hall–Kier alpha value is 7.68. The van der Waals surface area contributed by atoms with Crippen LogP contribution in [0.2, 0.25) is 0 Å². The predicted molar refractivity (Wildman–Crippen MR) is 204 cm³/mol. The van der Waals surface area contributed by atoms with Crippen LogP contribution < -0.4 is 0 Å². The molecule has 0 spiro atoms. The highest BCUT2D eigenvalue weighted by molar-refractivity contribution is 9.35. The SMILES string of the molecule is C.C.CP(=S)([S-])[S-].O.O.OP(=S)([S-])[S-].S.S=P([S-])(S)S.S=P([S-])([S-])SP(=S)([S-])S. The largest absolute Gasteiger partial charge is 0.770 e. The highest BCUT2D eigenvalue weighted by Gasteiger charge is 1.90. The minimum Gasteiger partial charge on any atom is -0.770 e. The van der Waals surface area contributed by atoms with Crippen LogP contribution in [0.5, 0.6) is 0 Å². The summed E-state index contributed by atoms with van der Waals surface area (Å²) in [7, 11) is 0. The van der Waals surface area contributed by atoms with Crippen LogP contribution in [-0.4, -0.2) is 22.5 Å². The van der Waals surface area contributed by atoms with Gasteiger partial charge in [-0.3, -0.25) is 0 Å². The third-order valence-electron chi connectivity index (χ3n) is 0.203. The quantitative estimate of drug-likeness (QED) is 0.163. The monoisotopic (exact) mass is 836 g/mol. The van der Waals surface area contributed by atoms with Crippen molar-refractivity contribution in [1.82, 2.24) is 0 Å². The highest BCUT2D eigenvalue weighted by atomic mass is 33.7. The van der Waals surface area contributed by atoms with Gasteiger partial charge in [0.25, 0.3) is 0 Å². The van der Waals surface area contributed by atoms with Gasteiger partial charge in [-0.1, -0.05) is 28.8 Å². The van der Waals surface area contributed by atoms with Gasteiger partial charge in [0.1, 0.15) is 0 Å². The molecule has 1 unspecified atom stereocenters. The van der Waals surface area contributed by atoms with Gasteiger partial charge in [0.15, 0.2) is 0 Å². The average molecular weight is 837 g/mol. The second-order valence-corrected chi connectivity index (χ2v) is 59.4. The van der Waals surface area contributed by atoms with Crippen LogP contribution in [0, 0.1) is 0 Å². The summed E-state index contributed by atoms with van der Waals surface area (Å²) in [5.74, 6) is 0. The molecule has 0 bridgehead atoms. The third kappa shape index (κ3) is 216. The number of rotatable bonds is 2. The van der Waals surface area contributed by atoms with Crippen LogP contribution in [-0.2, 0) is 157 Å². The third-order valence-corrected chi connectivity index (χ3v) is 16.5. The Morgan fingerprint density at radius 2 is 0.828 bits per heavy atom. The zero-order chi connectivity index (χ0) is 21.2. The lowest BCUT2D eigenvalue weighted by Gasteiger charge is -2.41. The van der Waals surface area contributed by atoms with Gasteiger partial charge in [-0.15, -0.1) is 47.2 Å². The van der Waals surface area contributed by atoms with E-state index in [-0.39, 0.29) is 39.3 Å². The molecule has 5 N–H and O–H groups in total. The molecule has 192 valence electrons. The fraction of sp³-hybridized carbons (Fsp3) is 1.00. The van der Waals surface area contributed by atoms with E-state index >= 15 is 0 Å². The van der Waals surface area contributed by atoms with Crippen LogP contribution in [0.25, 0.3) is 0 Å². The Labute approximate surface area is 271 Å². The molecule has 0 aromatic carbocycles. The first-order valence-corrected chi connectivity index (χ1v) is 32.0. The van der Waals surface area contributed by atoms with Crippen molar-refractivity contribution in [3.63, 3.8) is 0 Å². The predicted octanol–water partition coefficient (Wildman–Crippen LogP) is 5.41. The van der Waals surface area contributed by atoms with E-state index < -0.39 is 20.0 Å². The van der Waals surface area contributed by atoms with Crippen molar-refractivity contribution in [3.8, 4) is 0 Å². The van der Waals surface area contributed by atoms with Gasteiger partial charge >= 0.3 is 0 Å². The number of thiol groups is 3. The van der Waals surface area contributed by atoms with Crippen molar-refractivity contribution in [2.75, 3.05) is 6.66 Å². The van der Waals surface area contributed by atoms with E-state index in [4.69, 9.17) is 65.3 Å². The molecule has 0 heterocycles. The molecule has 0 amide bonds. The van der Waals surface area contributed by atoms with E-state index in [1.807, 2.05) is 0 Å². The minimum atomic E-state index is -2.64. The zero-order valence-corrected chi connectivity index (χ0v) is 31.8. The normalized spacial score (nSPS) is 12.0. The van der Waals surface area contributed by atoms with E-state index in [1.54, 1.807) is 6.66 Å². The molecule has 0 saturated heterocycles. The van der Waals surface area contributed by atoms with Gasteiger partial charge < -0.3 is 118 Å². The van der Waals surface area contributed by atoms with Gasteiger partial charge in [-0.05, 0) is 0 Å². The molecule has 3 nitrogen and oxygen atoms in total. The molecule has 29 heavy (non-hydrogen) atoms. The molecule has 0 aliphatic carbocycles. The molecule has 0 saturated carbocycles. The van der Waals surface area contributed by atoms with Crippen molar-refractivity contribution < 1.29 is 15.8 Å². The Morgan fingerprint density at radius 1 is 0.724 bits per heavy atom. The highest BCUT2D eigenvalue weighted by Crippen LogP contribution is 2.77. The summed E-state index contributed by atoms with van der Waals surface area (Å²) in [6.45, 7) is 1.74. The maximum absolute atomic E-state index is 8.08. The van der Waals surface area contributed by atoms with Gasteiger partial charge in [-0.25, -0.2) is 3.64 Å². The molecule has 0 rings (SSSR count). The van der Waals surface area contributed by atoms with E-state index in [0.29, 0.717) is 0 Å². The van der Waals surface area contributed by atoms with E-state index in [9.17, 15) is 0 Å². The summed E-state index contributed by atoms with van der Waals surface area (Å²) < 4.78 is -10.2. The summed E-state index contributed by atoms with van der Waals surface area (Å²) in [6.07, 6.45) is 0. The smallest absolute Gasteiger partial charge is 0.0696 e. The first kappa shape index (κ1) is 60.9.